The highest BCUT2D eigenvalue weighted by molar-refractivity contribution is 5.92. The second kappa shape index (κ2) is 9.82. The molecule has 0 saturated heterocycles. The summed E-state index contributed by atoms with van der Waals surface area (Å²) in [7, 11) is 1.40. The van der Waals surface area contributed by atoms with Gasteiger partial charge in [0.25, 0.3) is 0 Å². The zero-order valence-corrected chi connectivity index (χ0v) is 18.4. The Morgan fingerprint density at radius 1 is 1.06 bits per heavy atom. The summed E-state index contributed by atoms with van der Waals surface area (Å²) in [6, 6.07) is 14.9. The molecule has 1 aliphatic rings. The second-order valence-corrected chi connectivity index (χ2v) is 7.85. The zero-order chi connectivity index (χ0) is 23.3. The number of amides is 2. The Morgan fingerprint density at radius 2 is 1.62 bits per heavy atom. The molecule has 0 aliphatic heterocycles. The summed E-state index contributed by atoms with van der Waals surface area (Å²) in [6.45, 7) is 3.01. The number of benzene rings is 2. The minimum atomic E-state index is -1.46. The highest BCUT2D eigenvalue weighted by Crippen LogP contribution is 2.44. The fourth-order valence-electron chi connectivity index (χ4n) is 3.98. The SMILES string of the molecule is CCC(COC)(NC(=O)OCC1c2ccccc2-c2ccccc21)C(=O)NC(C)C(=O)O. The number of carbonyl (C=O) groups excluding carboxylic acids is 2. The minimum Gasteiger partial charge on any atom is -0.480 e. The van der Waals surface area contributed by atoms with Crippen LogP contribution in [0.2, 0.25) is 0 Å². The van der Waals surface area contributed by atoms with E-state index in [0.29, 0.717) is 0 Å². The molecule has 0 aromatic heterocycles. The van der Waals surface area contributed by atoms with Crippen LogP contribution >= 0.6 is 0 Å². The normalized spacial score (nSPS) is 15.1. The summed E-state index contributed by atoms with van der Waals surface area (Å²) in [4.78, 5) is 36.6. The number of aliphatic carboxylic acids is 1. The summed E-state index contributed by atoms with van der Waals surface area (Å²) < 4.78 is 10.7. The van der Waals surface area contributed by atoms with Gasteiger partial charge in [-0.05, 0) is 35.6 Å². The number of fused-ring (bicyclic) bond motifs is 3. The monoisotopic (exact) mass is 440 g/mol. The van der Waals surface area contributed by atoms with E-state index in [9.17, 15) is 14.4 Å². The lowest BCUT2D eigenvalue weighted by Gasteiger charge is -2.32. The number of carboxylic acids is 1. The van der Waals surface area contributed by atoms with Gasteiger partial charge in [-0.25, -0.2) is 4.79 Å². The number of carboxylic acid groups (broad SMARTS) is 1. The number of ether oxygens (including phenoxy) is 2. The quantitative estimate of drug-likeness (QED) is 0.553. The van der Waals surface area contributed by atoms with Crippen molar-refractivity contribution >= 4 is 18.0 Å². The molecule has 2 atom stereocenters. The molecule has 0 bridgehead atoms. The number of nitrogens with one attached hydrogen (secondary N) is 2. The molecular weight excluding hydrogens is 412 g/mol. The number of hydrogen-bond donors (Lipinski definition) is 3. The summed E-state index contributed by atoms with van der Waals surface area (Å²) in [5.74, 6) is -1.94. The number of hydrogen-bond acceptors (Lipinski definition) is 5. The molecule has 8 heteroatoms. The smallest absolute Gasteiger partial charge is 0.408 e. The topological polar surface area (TPSA) is 114 Å². The maximum Gasteiger partial charge on any atom is 0.408 e. The second-order valence-electron chi connectivity index (χ2n) is 7.85. The molecular formula is C24H28N2O6. The average molecular weight is 440 g/mol. The Labute approximate surface area is 186 Å². The molecule has 2 aromatic carbocycles. The van der Waals surface area contributed by atoms with Crippen molar-refractivity contribution in [3.63, 3.8) is 0 Å². The summed E-state index contributed by atoms with van der Waals surface area (Å²) in [6.07, 6.45) is -0.590. The molecule has 3 rings (SSSR count). The van der Waals surface area contributed by atoms with E-state index in [-0.39, 0.29) is 25.6 Å². The van der Waals surface area contributed by atoms with Gasteiger partial charge in [0.15, 0.2) is 0 Å². The summed E-state index contributed by atoms with van der Waals surface area (Å²) in [5, 5.41) is 14.1. The maximum absolute atomic E-state index is 12.8. The molecule has 2 amide bonds. The fourth-order valence-corrected chi connectivity index (χ4v) is 3.98. The maximum atomic E-state index is 12.8. The van der Waals surface area contributed by atoms with E-state index in [1.165, 1.54) is 14.0 Å². The molecule has 0 saturated carbocycles. The number of methoxy groups -OCH3 is 1. The molecule has 0 heterocycles. The van der Waals surface area contributed by atoms with E-state index in [2.05, 4.69) is 10.6 Å². The van der Waals surface area contributed by atoms with E-state index in [0.717, 1.165) is 22.3 Å². The highest BCUT2D eigenvalue weighted by Gasteiger charge is 2.40. The molecule has 1 aliphatic carbocycles. The third-order valence-electron chi connectivity index (χ3n) is 5.83. The van der Waals surface area contributed by atoms with E-state index in [4.69, 9.17) is 14.6 Å². The predicted molar refractivity (Wildman–Crippen MR) is 118 cm³/mol. The molecule has 0 fully saturated rings. The Kier molecular flexibility index (Phi) is 7.15. The van der Waals surface area contributed by atoms with Gasteiger partial charge in [0, 0.05) is 13.0 Å². The van der Waals surface area contributed by atoms with Crippen molar-refractivity contribution < 1.29 is 29.0 Å². The van der Waals surface area contributed by atoms with Crippen molar-refractivity contribution in [2.24, 2.45) is 0 Å². The van der Waals surface area contributed by atoms with E-state index >= 15 is 0 Å². The first-order valence-corrected chi connectivity index (χ1v) is 10.5. The summed E-state index contributed by atoms with van der Waals surface area (Å²) >= 11 is 0. The first kappa shape index (κ1) is 23.3. The van der Waals surface area contributed by atoms with Gasteiger partial charge in [-0.1, -0.05) is 55.5 Å². The van der Waals surface area contributed by atoms with Gasteiger partial charge in [-0.2, -0.15) is 0 Å². The standard InChI is InChI=1S/C24H28N2O6/c1-4-24(14-31-3,22(29)25-15(2)21(27)28)26-23(30)32-13-20-18-11-7-5-9-16(18)17-10-6-8-12-19(17)20/h5-12,15,20H,4,13-14H2,1-3H3,(H,25,29)(H,26,30)(H,27,28). The van der Waals surface area contributed by atoms with Crippen LogP contribution in [0.1, 0.15) is 37.3 Å². The van der Waals surface area contributed by atoms with Gasteiger partial charge in [0.05, 0.1) is 6.61 Å². The third kappa shape index (κ3) is 4.60. The summed E-state index contributed by atoms with van der Waals surface area (Å²) in [5.41, 5.74) is 2.92. The van der Waals surface area contributed by atoms with Crippen LogP contribution in [0.15, 0.2) is 48.5 Å². The van der Waals surface area contributed by atoms with Crippen LogP contribution in [0, 0.1) is 0 Å². The van der Waals surface area contributed by atoms with Crippen LogP contribution in [0.3, 0.4) is 0 Å². The number of carbonyl (C=O) groups is 3. The molecule has 32 heavy (non-hydrogen) atoms. The Morgan fingerprint density at radius 3 is 2.12 bits per heavy atom. The average Bonchev–Trinajstić information content (AvgIpc) is 3.11. The fraction of sp³-hybridized carbons (Fsp3) is 0.375. The molecule has 8 nitrogen and oxygen atoms in total. The van der Waals surface area contributed by atoms with Crippen LogP contribution in [-0.4, -0.2) is 55.0 Å². The molecule has 0 spiro atoms. The van der Waals surface area contributed by atoms with Crippen LogP contribution in [-0.2, 0) is 19.1 Å². The Hall–Kier alpha value is -3.39. The van der Waals surface area contributed by atoms with Crippen molar-refractivity contribution in [3.05, 3.63) is 59.7 Å². The van der Waals surface area contributed by atoms with E-state index < -0.39 is 29.6 Å². The van der Waals surface area contributed by atoms with Gasteiger partial charge in [-0.3, -0.25) is 9.59 Å². The van der Waals surface area contributed by atoms with Crippen molar-refractivity contribution in [2.45, 2.75) is 37.8 Å². The number of alkyl carbamates (subject to hydrolysis) is 1. The third-order valence-corrected chi connectivity index (χ3v) is 5.83. The van der Waals surface area contributed by atoms with E-state index in [1.54, 1.807) is 6.92 Å². The first-order valence-electron chi connectivity index (χ1n) is 10.5. The zero-order valence-electron chi connectivity index (χ0n) is 18.4. The van der Waals surface area contributed by atoms with Gasteiger partial charge >= 0.3 is 12.1 Å². The van der Waals surface area contributed by atoms with Gasteiger partial charge < -0.3 is 25.2 Å². The van der Waals surface area contributed by atoms with Crippen LogP contribution in [0.4, 0.5) is 4.79 Å². The molecule has 3 N–H and O–H groups in total. The van der Waals surface area contributed by atoms with Gasteiger partial charge in [-0.15, -0.1) is 0 Å². The van der Waals surface area contributed by atoms with Gasteiger partial charge in [0.1, 0.15) is 18.2 Å². The van der Waals surface area contributed by atoms with Crippen LogP contribution in [0.25, 0.3) is 11.1 Å². The Bertz CT molecular complexity index is 962. The molecule has 0 radical (unpaired) electrons. The lowest BCUT2D eigenvalue weighted by atomic mass is 9.95. The van der Waals surface area contributed by atoms with Crippen molar-refractivity contribution in [1.82, 2.24) is 10.6 Å². The Balaban J connectivity index is 1.73. The lowest BCUT2D eigenvalue weighted by molar-refractivity contribution is -0.143. The molecule has 2 unspecified atom stereocenters. The molecule has 170 valence electrons. The van der Waals surface area contributed by atoms with Crippen molar-refractivity contribution in [1.29, 1.82) is 0 Å². The highest BCUT2D eigenvalue weighted by atomic mass is 16.5. The molecule has 2 aromatic rings. The van der Waals surface area contributed by atoms with E-state index in [1.807, 2.05) is 48.5 Å². The van der Waals surface area contributed by atoms with Crippen molar-refractivity contribution in [2.75, 3.05) is 20.3 Å². The van der Waals surface area contributed by atoms with Crippen molar-refractivity contribution in [3.8, 4) is 11.1 Å². The number of rotatable bonds is 9. The van der Waals surface area contributed by atoms with Crippen LogP contribution < -0.4 is 10.6 Å². The predicted octanol–water partition coefficient (Wildman–Crippen LogP) is 2.91. The lowest BCUT2D eigenvalue weighted by Crippen LogP contribution is -2.63. The first-order chi connectivity index (χ1) is 15.3. The largest absolute Gasteiger partial charge is 0.480 e. The van der Waals surface area contributed by atoms with Crippen LogP contribution in [0.5, 0.6) is 0 Å². The van der Waals surface area contributed by atoms with Gasteiger partial charge in [0.2, 0.25) is 5.91 Å². The minimum absolute atomic E-state index is 0.0970.